The minimum Gasteiger partial charge on any atom is -0.462 e. The Morgan fingerprint density at radius 1 is 0.339 bits per heavy atom. The van der Waals surface area contributed by atoms with E-state index in [1.54, 1.807) is 0 Å². The minimum atomic E-state index is -0.801. The summed E-state index contributed by atoms with van der Waals surface area (Å²) in [4.78, 5) is 37.9. The van der Waals surface area contributed by atoms with E-state index in [1.165, 1.54) is 51.4 Å². The number of unbranched alkanes of at least 4 members (excludes halogenated alkanes) is 17. The fourth-order valence-electron chi connectivity index (χ4n) is 6.57. The van der Waals surface area contributed by atoms with Crippen LogP contribution in [0.25, 0.3) is 0 Å². The SMILES string of the molecule is CC/C=C\C/C=C\C/C=C\C/C=C\CCCCCCCCC(=O)OCC(COC(=O)CCC/C=C\CCCCCC)OC(=O)CCCCCCCC/C=C\C/C=C\C/C=C\CC. The van der Waals surface area contributed by atoms with Crippen molar-refractivity contribution in [1.82, 2.24) is 0 Å². The largest absolute Gasteiger partial charge is 0.462 e. The smallest absolute Gasteiger partial charge is 0.306 e. The predicted octanol–water partition coefficient (Wildman–Crippen LogP) is 16.6. The van der Waals surface area contributed by atoms with Gasteiger partial charge in [-0.15, -0.1) is 0 Å². The first-order valence-electron chi connectivity index (χ1n) is 25.2. The van der Waals surface area contributed by atoms with Crippen LogP contribution in [0.1, 0.15) is 220 Å². The number of ether oxygens (including phenoxy) is 3. The topological polar surface area (TPSA) is 78.9 Å². The molecule has 62 heavy (non-hydrogen) atoms. The van der Waals surface area contributed by atoms with Crippen LogP contribution in [0.3, 0.4) is 0 Å². The van der Waals surface area contributed by atoms with Crippen molar-refractivity contribution >= 4 is 17.9 Å². The van der Waals surface area contributed by atoms with E-state index in [1.807, 2.05) is 0 Å². The number of carbonyl (C=O) groups excluding carboxylic acids is 3. The molecule has 0 aliphatic heterocycles. The van der Waals surface area contributed by atoms with E-state index in [9.17, 15) is 14.4 Å². The van der Waals surface area contributed by atoms with Crippen molar-refractivity contribution < 1.29 is 28.6 Å². The van der Waals surface area contributed by atoms with Crippen LogP contribution < -0.4 is 0 Å². The number of carbonyl (C=O) groups is 3. The zero-order chi connectivity index (χ0) is 45.1. The average molecular weight is 861 g/mol. The number of hydrogen-bond acceptors (Lipinski definition) is 6. The van der Waals surface area contributed by atoms with Crippen molar-refractivity contribution in [2.75, 3.05) is 13.2 Å². The molecule has 0 aliphatic carbocycles. The molecule has 6 nitrogen and oxygen atoms in total. The highest BCUT2D eigenvalue weighted by molar-refractivity contribution is 5.71. The Hall–Kier alpha value is -3.67. The van der Waals surface area contributed by atoms with Gasteiger partial charge in [0.2, 0.25) is 0 Å². The predicted molar refractivity (Wildman–Crippen MR) is 265 cm³/mol. The van der Waals surface area contributed by atoms with Gasteiger partial charge < -0.3 is 14.2 Å². The fourth-order valence-corrected chi connectivity index (χ4v) is 6.57. The minimum absolute atomic E-state index is 0.100. The highest BCUT2D eigenvalue weighted by atomic mass is 16.6. The van der Waals surface area contributed by atoms with Crippen LogP contribution in [-0.2, 0) is 28.6 Å². The van der Waals surface area contributed by atoms with Crippen LogP contribution in [0, 0.1) is 0 Å². The molecule has 0 fully saturated rings. The molecule has 0 amide bonds. The molecule has 0 radical (unpaired) electrons. The zero-order valence-corrected chi connectivity index (χ0v) is 40.1. The van der Waals surface area contributed by atoms with Crippen LogP contribution in [0.2, 0.25) is 0 Å². The quantitative estimate of drug-likeness (QED) is 0.0263. The van der Waals surface area contributed by atoms with Gasteiger partial charge in [-0.2, -0.15) is 0 Å². The third-order valence-electron chi connectivity index (χ3n) is 10.3. The second-order valence-electron chi connectivity index (χ2n) is 16.3. The Morgan fingerprint density at radius 2 is 0.645 bits per heavy atom. The molecular formula is C56H92O6. The van der Waals surface area contributed by atoms with Gasteiger partial charge in [0.25, 0.3) is 0 Å². The second-order valence-corrected chi connectivity index (χ2v) is 16.3. The maximum Gasteiger partial charge on any atom is 0.306 e. The molecule has 0 rings (SSSR count). The van der Waals surface area contributed by atoms with Gasteiger partial charge >= 0.3 is 17.9 Å². The molecule has 0 spiro atoms. The summed E-state index contributed by atoms with van der Waals surface area (Å²) in [7, 11) is 0. The van der Waals surface area contributed by atoms with E-state index in [0.29, 0.717) is 25.7 Å². The van der Waals surface area contributed by atoms with E-state index in [4.69, 9.17) is 14.2 Å². The number of rotatable bonds is 44. The summed E-state index contributed by atoms with van der Waals surface area (Å²) in [6.07, 6.45) is 65.4. The number of allylic oxidation sites excluding steroid dienone is 16. The maximum atomic E-state index is 12.8. The van der Waals surface area contributed by atoms with Crippen LogP contribution in [-0.4, -0.2) is 37.2 Å². The lowest BCUT2D eigenvalue weighted by molar-refractivity contribution is -0.167. The molecule has 1 unspecified atom stereocenters. The van der Waals surface area contributed by atoms with Crippen molar-refractivity contribution in [2.45, 2.75) is 226 Å². The van der Waals surface area contributed by atoms with Crippen LogP contribution in [0.4, 0.5) is 0 Å². The summed E-state index contributed by atoms with van der Waals surface area (Å²) >= 11 is 0. The van der Waals surface area contributed by atoms with Crippen molar-refractivity contribution in [1.29, 1.82) is 0 Å². The highest BCUT2D eigenvalue weighted by Gasteiger charge is 2.19. The Morgan fingerprint density at radius 3 is 1.06 bits per heavy atom. The first-order chi connectivity index (χ1) is 30.5. The average Bonchev–Trinajstić information content (AvgIpc) is 3.27. The summed E-state index contributed by atoms with van der Waals surface area (Å²) in [6.45, 7) is 6.32. The van der Waals surface area contributed by atoms with Crippen molar-refractivity contribution in [3.05, 3.63) is 97.2 Å². The van der Waals surface area contributed by atoms with Gasteiger partial charge in [0.05, 0.1) is 0 Å². The molecule has 0 aliphatic rings. The van der Waals surface area contributed by atoms with Crippen LogP contribution in [0.5, 0.6) is 0 Å². The Balaban J connectivity index is 4.40. The molecule has 0 aromatic heterocycles. The Kier molecular flexibility index (Phi) is 47.0. The van der Waals surface area contributed by atoms with Gasteiger partial charge in [-0.3, -0.25) is 14.4 Å². The normalized spacial score (nSPS) is 12.9. The van der Waals surface area contributed by atoms with E-state index in [-0.39, 0.29) is 31.1 Å². The number of hydrogen-bond donors (Lipinski definition) is 0. The Labute approximate surface area is 381 Å². The van der Waals surface area contributed by atoms with Gasteiger partial charge in [-0.25, -0.2) is 0 Å². The molecule has 0 aromatic rings. The summed E-state index contributed by atoms with van der Waals surface area (Å²) in [5, 5.41) is 0. The zero-order valence-electron chi connectivity index (χ0n) is 40.1. The lowest BCUT2D eigenvalue weighted by atomic mass is 10.1. The van der Waals surface area contributed by atoms with Crippen molar-refractivity contribution in [2.24, 2.45) is 0 Å². The first kappa shape index (κ1) is 58.3. The molecule has 0 N–H and O–H groups in total. The number of esters is 3. The summed E-state index contributed by atoms with van der Waals surface area (Å²) in [6, 6.07) is 0. The van der Waals surface area contributed by atoms with Gasteiger partial charge in [0.15, 0.2) is 6.10 Å². The fraction of sp³-hybridized carbons (Fsp3) is 0.661. The molecule has 1 atom stereocenters. The van der Waals surface area contributed by atoms with Crippen LogP contribution >= 0.6 is 0 Å². The van der Waals surface area contributed by atoms with E-state index in [0.717, 1.165) is 122 Å². The lowest BCUT2D eigenvalue weighted by Gasteiger charge is -2.18. The van der Waals surface area contributed by atoms with Gasteiger partial charge in [0, 0.05) is 19.3 Å². The molecule has 0 heterocycles. The van der Waals surface area contributed by atoms with Gasteiger partial charge in [-0.05, 0) is 109 Å². The standard InChI is InChI=1S/C56H92O6/c1-4-7-10-13-16-19-21-23-25-27-28-29-31-32-34-37-40-43-46-49-55(58)61-52-53(51-60-54(57)48-45-42-39-36-18-15-12-9-6-3)62-56(59)50-47-44-41-38-35-33-30-26-24-22-20-17-14-11-8-5-2/h7-8,10-11,16-17,19-20,23-26,28-29,36,39,53H,4-6,9,12-15,18,21-22,27,30-35,37-38,40-52H2,1-3H3/b10-7-,11-8-,19-16-,20-17-,25-23-,26-24-,29-28-,39-36-. The summed E-state index contributed by atoms with van der Waals surface area (Å²) in [5.41, 5.74) is 0. The highest BCUT2D eigenvalue weighted by Crippen LogP contribution is 2.13. The first-order valence-corrected chi connectivity index (χ1v) is 25.2. The molecule has 0 bridgehead atoms. The molecule has 0 aromatic carbocycles. The Bertz CT molecular complexity index is 1260. The maximum absolute atomic E-state index is 12.8. The van der Waals surface area contributed by atoms with E-state index in [2.05, 4.69) is 118 Å². The molecule has 0 saturated heterocycles. The molecular weight excluding hydrogens is 769 g/mol. The molecule has 6 heteroatoms. The third-order valence-corrected chi connectivity index (χ3v) is 10.3. The second kappa shape index (κ2) is 50.0. The van der Waals surface area contributed by atoms with E-state index < -0.39 is 6.10 Å². The monoisotopic (exact) mass is 861 g/mol. The van der Waals surface area contributed by atoms with Crippen LogP contribution in [0.15, 0.2) is 97.2 Å². The summed E-state index contributed by atoms with van der Waals surface area (Å²) in [5.74, 6) is -0.968. The summed E-state index contributed by atoms with van der Waals surface area (Å²) < 4.78 is 16.7. The third kappa shape index (κ3) is 47.4. The van der Waals surface area contributed by atoms with Gasteiger partial charge in [0.1, 0.15) is 13.2 Å². The molecule has 352 valence electrons. The van der Waals surface area contributed by atoms with E-state index >= 15 is 0 Å². The van der Waals surface area contributed by atoms with Crippen molar-refractivity contribution in [3.8, 4) is 0 Å². The molecule has 0 saturated carbocycles. The van der Waals surface area contributed by atoms with Crippen molar-refractivity contribution in [3.63, 3.8) is 0 Å². The lowest BCUT2D eigenvalue weighted by Crippen LogP contribution is -2.30. The van der Waals surface area contributed by atoms with Gasteiger partial charge in [-0.1, -0.05) is 189 Å².